The van der Waals surface area contributed by atoms with Crippen LogP contribution >= 0.6 is 0 Å². The zero-order chi connectivity index (χ0) is 11.0. The maximum atomic E-state index is 11.8. The van der Waals surface area contributed by atoms with Gasteiger partial charge in [-0.25, -0.2) is 0 Å². The van der Waals surface area contributed by atoms with Gasteiger partial charge >= 0.3 is 0 Å². The monoisotopic (exact) mass is 206 g/mol. The third kappa shape index (κ3) is 1.63. The summed E-state index contributed by atoms with van der Waals surface area (Å²) in [7, 11) is 1.60. The van der Waals surface area contributed by atoms with Crippen LogP contribution in [0.5, 0.6) is 5.75 Å². The van der Waals surface area contributed by atoms with E-state index in [0.717, 1.165) is 16.9 Å². The second-order valence-electron chi connectivity index (χ2n) is 3.94. The van der Waals surface area contributed by atoms with Crippen molar-refractivity contribution >= 4 is 5.78 Å². The highest BCUT2D eigenvalue weighted by atomic mass is 16.5. The molecule has 0 saturated heterocycles. The molecular formula is C12H14O3. The summed E-state index contributed by atoms with van der Waals surface area (Å²) >= 11 is 0. The number of aliphatic hydroxyl groups excluding tert-OH is 1. The Morgan fingerprint density at radius 2 is 2.27 bits per heavy atom. The van der Waals surface area contributed by atoms with Crippen molar-refractivity contribution in [1.29, 1.82) is 0 Å². The maximum absolute atomic E-state index is 11.8. The summed E-state index contributed by atoms with van der Waals surface area (Å²) in [4.78, 5) is 11.8. The SMILES string of the molecule is COc1ccc2c(c1)CC(C(C)O)C2=O. The standard InChI is InChI=1S/C12H14O3/c1-7(13)11-6-8-5-9(15-2)3-4-10(8)12(11)14/h3-5,7,11,13H,6H2,1-2H3. The molecule has 0 amide bonds. The first-order valence-corrected chi connectivity index (χ1v) is 5.02. The van der Waals surface area contributed by atoms with Crippen molar-refractivity contribution in [2.24, 2.45) is 5.92 Å². The Morgan fingerprint density at radius 1 is 1.53 bits per heavy atom. The number of ketones is 1. The highest BCUT2D eigenvalue weighted by Gasteiger charge is 2.33. The second-order valence-corrected chi connectivity index (χ2v) is 3.94. The van der Waals surface area contributed by atoms with Crippen LogP contribution in [0, 0.1) is 5.92 Å². The Hall–Kier alpha value is -1.35. The number of rotatable bonds is 2. The largest absolute Gasteiger partial charge is 0.497 e. The van der Waals surface area contributed by atoms with E-state index in [-0.39, 0.29) is 11.7 Å². The number of carbonyl (C=O) groups excluding carboxylic acids is 1. The zero-order valence-electron chi connectivity index (χ0n) is 8.86. The van der Waals surface area contributed by atoms with Gasteiger partial charge in [0.1, 0.15) is 5.75 Å². The van der Waals surface area contributed by atoms with E-state index in [1.165, 1.54) is 0 Å². The molecule has 3 heteroatoms. The number of hydrogen-bond donors (Lipinski definition) is 1. The molecule has 2 unspecified atom stereocenters. The molecule has 0 radical (unpaired) electrons. The van der Waals surface area contributed by atoms with Gasteiger partial charge in [0.05, 0.1) is 19.1 Å². The average Bonchev–Trinajstić information content (AvgIpc) is 2.55. The van der Waals surface area contributed by atoms with Gasteiger partial charge in [-0.1, -0.05) is 0 Å². The topological polar surface area (TPSA) is 46.5 Å². The summed E-state index contributed by atoms with van der Waals surface area (Å²) < 4.78 is 5.10. The van der Waals surface area contributed by atoms with Crippen molar-refractivity contribution in [1.82, 2.24) is 0 Å². The normalized spacial score (nSPS) is 21.3. The van der Waals surface area contributed by atoms with Crippen molar-refractivity contribution in [3.63, 3.8) is 0 Å². The first kappa shape index (κ1) is 10.2. The molecule has 80 valence electrons. The van der Waals surface area contributed by atoms with Crippen LogP contribution in [0.25, 0.3) is 0 Å². The number of hydrogen-bond acceptors (Lipinski definition) is 3. The summed E-state index contributed by atoms with van der Waals surface area (Å²) in [6.07, 6.45) is 0.0270. The lowest BCUT2D eigenvalue weighted by Crippen LogP contribution is -2.22. The first-order valence-electron chi connectivity index (χ1n) is 5.02. The highest BCUT2D eigenvalue weighted by Crippen LogP contribution is 2.31. The average molecular weight is 206 g/mol. The number of carbonyl (C=O) groups is 1. The van der Waals surface area contributed by atoms with Gasteiger partial charge < -0.3 is 9.84 Å². The Labute approximate surface area is 88.7 Å². The molecule has 1 aliphatic rings. The van der Waals surface area contributed by atoms with Crippen LogP contribution in [-0.2, 0) is 6.42 Å². The van der Waals surface area contributed by atoms with Gasteiger partial charge in [0.25, 0.3) is 0 Å². The van der Waals surface area contributed by atoms with Crippen LogP contribution in [0.4, 0.5) is 0 Å². The minimum atomic E-state index is -0.587. The van der Waals surface area contributed by atoms with Crippen molar-refractivity contribution < 1.29 is 14.6 Å². The number of aliphatic hydroxyl groups is 1. The molecule has 1 aliphatic carbocycles. The van der Waals surface area contributed by atoms with E-state index in [9.17, 15) is 9.90 Å². The molecule has 1 aromatic carbocycles. The molecule has 3 nitrogen and oxygen atoms in total. The van der Waals surface area contributed by atoms with Gasteiger partial charge in [0, 0.05) is 5.56 Å². The molecule has 0 heterocycles. The Kier molecular flexibility index (Phi) is 2.49. The minimum absolute atomic E-state index is 0.0441. The van der Waals surface area contributed by atoms with Crippen LogP contribution in [-0.4, -0.2) is 24.1 Å². The molecule has 0 spiro atoms. The molecular weight excluding hydrogens is 192 g/mol. The van der Waals surface area contributed by atoms with Gasteiger partial charge in [-0.05, 0) is 37.1 Å². The summed E-state index contributed by atoms with van der Waals surface area (Å²) in [5.74, 6) is 0.516. The Morgan fingerprint density at radius 3 is 2.87 bits per heavy atom. The molecule has 0 fully saturated rings. The first-order chi connectivity index (χ1) is 7.13. The third-order valence-electron chi connectivity index (χ3n) is 2.94. The smallest absolute Gasteiger partial charge is 0.169 e. The summed E-state index contributed by atoms with van der Waals surface area (Å²) in [6.45, 7) is 1.66. The van der Waals surface area contributed by atoms with E-state index in [0.29, 0.717) is 6.42 Å². The lowest BCUT2D eigenvalue weighted by atomic mass is 10.00. The molecule has 0 aliphatic heterocycles. The van der Waals surface area contributed by atoms with Gasteiger partial charge in [-0.3, -0.25) is 4.79 Å². The van der Waals surface area contributed by atoms with E-state index in [4.69, 9.17) is 4.74 Å². The summed E-state index contributed by atoms with van der Waals surface area (Å²) in [6, 6.07) is 5.43. The number of methoxy groups -OCH3 is 1. The molecule has 0 saturated carbocycles. The number of ether oxygens (including phenoxy) is 1. The summed E-state index contributed by atoms with van der Waals surface area (Å²) in [5, 5.41) is 9.47. The maximum Gasteiger partial charge on any atom is 0.169 e. The number of benzene rings is 1. The molecule has 0 bridgehead atoms. The van der Waals surface area contributed by atoms with Crippen molar-refractivity contribution in [3.05, 3.63) is 29.3 Å². The van der Waals surface area contributed by atoms with Gasteiger partial charge in [-0.2, -0.15) is 0 Å². The van der Waals surface area contributed by atoms with Crippen molar-refractivity contribution in [3.8, 4) is 5.75 Å². The van der Waals surface area contributed by atoms with Crippen LogP contribution in [0.15, 0.2) is 18.2 Å². The van der Waals surface area contributed by atoms with Gasteiger partial charge in [0.15, 0.2) is 5.78 Å². The van der Waals surface area contributed by atoms with E-state index in [2.05, 4.69) is 0 Å². The second kappa shape index (κ2) is 3.66. The predicted octanol–water partition coefficient (Wildman–Crippen LogP) is 1.43. The Balaban J connectivity index is 2.36. The quantitative estimate of drug-likeness (QED) is 0.796. The number of fused-ring (bicyclic) bond motifs is 1. The number of Topliss-reactive ketones (excluding diaryl/α,β-unsaturated/α-hetero) is 1. The van der Waals surface area contributed by atoms with E-state index >= 15 is 0 Å². The fourth-order valence-corrected chi connectivity index (χ4v) is 2.03. The van der Waals surface area contributed by atoms with Crippen LogP contribution < -0.4 is 4.74 Å². The van der Waals surface area contributed by atoms with Crippen LogP contribution in [0.2, 0.25) is 0 Å². The van der Waals surface area contributed by atoms with E-state index in [1.54, 1.807) is 26.2 Å². The van der Waals surface area contributed by atoms with Gasteiger partial charge in [0.2, 0.25) is 0 Å². The lowest BCUT2D eigenvalue weighted by Gasteiger charge is -2.09. The van der Waals surface area contributed by atoms with E-state index < -0.39 is 6.10 Å². The zero-order valence-corrected chi connectivity index (χ0v) is 8.86. The van der Waals surface area contributed by atoms with Crippen LogP contribution in [0.1, 0.15) is 22.8 Å². The van der Waals surface area contributed by atoms with Crippen molar-refractivity contribution in [2.45, 2.75) is 19.4 Å². The Bertz CT molecular complexity index is 396. The molecule has 2 rings (SSSR count). The predicted molar refractivity (Wildman–Crippen MR) is 56.2 cm³/mol. The fraction of sp³-hybridized carbons (Fsp3) is 0.417. The molecule has 1 N–H and O–H groups in total. The molecule has 1 aromatic rings. The highest BCUT2D eigenvalue weighted by molar-refractivity contribution is 6.02. The molecule has 15 heavy (non-hydrogen) atoms. The fourth-order valence-electron chi connectivity index (χ4n) is 2.03. The van der Waals surface area contributed by atoms with Crippen molar-refractivity contribution in [2.75, 3.05) is 7.11 Å². The summed E-state index contributed by atoms with van der Waals surface area (Å²) in [5.41, 5.74) is 1.70. The molecule has 0 aromatic heterocycles. The van der Waals surface area contributed by atoms with E-state index in [1.807, 2.05) is 6.07 Å². The lowest BCUT2D eigenvalue weighted by molar-refractivity contribution is 0.0758. The minimum Gasteiger partial charge on any atom is -0.497 e. The third-order valence-corrected chi connectivity index (χ3v) is 2.94. The van der Waals surface area contributed by atoms with Crippen LogP contribution in [0.3, 0.4) is 0 Å². The van der Waals surface area contributed by atoms with Gasteiger partial charge in [-0.15, -0.1) is 0 Å². The molecule has 2 atom stereocenters.